The van der Waals surface area contributed by atoms with Crippen molar-refractivity contribution in [2.45, 2.75) is 6.42 Å². The maximum atomic E-state index is 4.33. The van der Waals surface area contributed by atoms with Gasteiger partial charge in [-0.25, -0.2) is 0 Å². The molecule has 1 aliphatic heterocycles. The maximum absolute atomic E-state index is 4.33. The summed E-state index contributed by atoms with van der Waals surface area (Å²) >= 11 is 1.85. The lowest BCUT2D eigenvalue weighted by molar-refractivity contribution is 0.629. The second-order valence-corrected chi connectivity index (χ2v) is 3.32. The van der Waals surface area contributed by atoms with E-state index < -0.39 is 0 Å². The molecule has 0 amide bonds. The molecule has 1 aliphatic rings. The topological polar surface area (TPSA) is 15.6 Å². The number of nitrogens with zero attached hydrogens (tertiary/aromatic N) is 2. The zero-order chi connectivity index (χ0) is 6.69. The number of thioether (sulfide) groups is 1. The summed E-state index contributed by atoms with van der Waals surface area (Å²) in [5.74, 6) is 1.23. The Labute approximate surface area is 60.3 Å². The van der Waals surface area contributed by atoms with Crippen LogP contribution < -0.4 is 0 Å². The largest absolute Gasteiger partial charge is 0.358 e. The third-order valence-electron chi connectivity index (χ3n) is 1.16. The third-order valence-corrected chi connectivity index (χ3v) is 2.41. The Morgan fingerprint density at radius 1 is 1.56 bits per heavy atom. The molecular weight excluding hydrogens is 132 g/mol. The first kappa shape index (κ1) is 6.93. The summed E-state index contributed by atoms with van der Waals surface area (Å²) in [7, 11) is 4.08. The highest BCUT2D eigenvalue weighted by Crippen LogP contribution is 2.12. The van der Waals surface area contributed by atoms with E-state index in [9.17, 15) is 0 Å². The molecule has 0 aliphatic carbocycles. The normalized spacial score (nSPS) is 19.1. The van der Waals surface area contributed by atoms with Crippen LogP contribution in [0.15, 0.2) is 4.99 Å². The minimum Gasteiger partial charge on any atom is -0.358 e. The lowest BCUT2D eigenvalue weighted by Gasteiger charge is -2.17. The highest BCUT2D eigenvalue weighted by molar-refractivity contribution is 8.13. The summed E-state index contributed by atoms with van der Waals surface area (Å²) in [6, 6.07) is 0. The van der Waals surface area contributed by atoms with Crippen molar-refractivity contribution in [3.8, 4) is 0 Å². The van der Waals surface area contributed by atoms with Gasteiger partial charge in [-0.15, -0.1) is 0 Å². The second-order valence-electron chi connectivity index (χ2n) is 2.26. The average Bonchev–Trinajstić information content (AvgIpc) is 1.90. The van der Waals surface area contributed by atoms with Crippen molar-refractivity contribution in [2.75, 3.05) is 26.4 Å². The van der Waals surface area contributed by atoms with Crippen molar-refractivity contribution in [1.82, 2.24) is 4.90 Å². The zero-order valence-electron chi connectivity index (χ0n) is 5.92. The van der Waals surface area contributed by atoms with Crippen molar-refractivity contribution in [3.05, 3.63) is 0 Å². The van der Waals surface area contributed by atoms with Gasteiger partial charge in [0.1, 0.15) is 0 Å². The molecule has 1 heterocycles. The fraction of sp³-hybridized carbons (Fsp3) is 0.833. The molecule has 1 rings (SSSR count). The molecule has 0 saturated carbocycles. The van der Waals surface area contributed by atoms with E-state index >= 15 is 0 Å². The number of aliphatic imine (C=N–C) groups is 1. The Morgan fingerprint density at radius 2 is 2.33 bits per heavy atom. The predicted molar refractivity (Wildman–Crippen MR) is 43.1 cm³/mol. The van der Waals surface area contributed by atoms with Crippen molar-refractivity contribution in [2.24, 2.45) is 4.99 Å². The molecule has 0 spiro atoms. The van der Waals surface area contributed by atoms with Crippen LogP contribution in [0.25, 0.3) is 0 Å². The molecule has 0 radical (unpaired) electrons. The van der Waals surface area contributed by atoms with Gasteiger partial charge in [-0.2, -0.15) is 0 Å². The third kappa shape index (κ3) is 1.90. The van der Waals surface area contributed by atoms with Crippen molar-refractivity contribution in [3.63, 3.8) is 0 Å². The van der Waals surface area contributed by atoms with Crippen molar-refractivity contribution >= 4 is 16.9 Å². The molecular formula is C6H12N2S. The van der Waals surface area contributed by atoms with E-state index in [2.05, 4.69) is 9.89 Å². The van der Waals surface area contributed by atoms with Gasteiger partial charge in [-0.3, -0.25) is 4.99 Å². The van der Waals surface area contributed by atoms with Crippen molar-refractivity contribution < 1.29 is 0 Å². The number of amidine groups is 1. The molecule has 0 saturated heterocycles. The van der Waals surface area contributed by atoms with Crippen LogP contribution in [-0.4, -0.2) is 36.5 Å². The van der Waals surface area contributed by atoms with Crippen LogP contribution >= 0.6 is 11.8 Å². The SMILES string of the molecule is CN(C)C1=NCCCS1. The monoisotopic (exact) mass is 144 g/mol. The Bertz CT molecular complexity index is 120. The molecule has 0 aromatic carbocycles. The molecule has 2 nitrogen and oxygen atoms in total. The van der Waals surface area contributed by atoms with E-state index in [0.717, 1.165) is 6.54 Å². The summed E-state index contributed by atoms with van der Waals surface area (Å²) in [6.07, 6.45) is 1.24. The fourth-order valence-corrected chi connectivity index (χ4v) is 1.62. The Balaban J connectivity index is 2.46. The van der Waals surface area contributed by atoms with E-state index in [0.29, 0.717) is 0 Å². The Hall–Kier alpha value is -0.180. The lowest BCUT2D eigenvalue weighted by Crippen LogP contribution is -2.21. The van der Waals surface area contributed by atoms with Crippen LogP contribution in [-0.2, 0) is 0 Å². The minimum atomic E-state index is 1.01. The molecule has 9 heavy (non-hydrogen) atoms. The van der Waals surface area contributed by atoms with Crippen molar-refractivity contribution in [1.29, 1.82) is 0 Å². The Morgan fingerprint density at radius 3 is 2.67 bits per heavy atom. The lowest BCUT2D eigenvalue weighted by atomic mass is 10.5. The highest BCUT2D eigenvalue weighted by Gasteiger charge is 2.05. The first-order valence-electron chi connectivity index (χ1n) is 3.15. The zero-order valence-corrected chi connectivity index (χ0v) is 6.74. The molecule has 0 aromatic rings. The average molecular weight is 144 g/mol. The summed E-state index contributed by atoms with van der Waals surface area (Å²) in [5, 5.41) is 1.18. The predicted octanol–water partition coefficient (Wildman–Crippen LogP) is 1.04. The fourth-order valence-electron chi connectivity index (χ4n) is 0.719. The first-order valence-corrected chi connectivity index (χ1v) is 4.14. The number of hydrogen-bond donors (Lipinski definition) is 0. The quantitative estimate of drug-likeness (QED) is 0.505. The molecule has 0 aromatic heterocycles. The summed E-state index contributed by atoms with van der Waals surface area (Å²) < 4.78 is 0. The van der Waals surface area contributed by atoms with E-state index in [4.69, 9.17) is 0 Å². The molecule has 0 fully saturated rings. The smallest absolute Gasteiger partial charge is 0.158 e. The molecule has 0 bridgehead atoms. The second kappa shape index (κ2) is 3.11. The van der Waals surface area contributed by atoms with E-state index in [1.165, 1.54) is 17.3 Å². The summed E-state index contributed by atoms with van der Waals surface area (Å²) in [5.41, 5.74) is 0. The summed E-state index contributed by atoms with van der Waals surface area (Å²) in [6.45, 7) is 1.01. The Kier molecular flexibility index (Phi) is 2.39. The van der Waals surface area contributed by atoms with Crippen LogP contribution in [0.3, 0.4) is 0 Å². The molecule has 3 heteroatoms. The van der Waals surface area contributed by atoms with Gasteiger partial charge in [0.15, 0.2) is 5.17 Å². The standard InChI is InChI=1S/C6H12N2S/c1-8(2)6-7-4-3-5-9-6/h3-5H2,1-2H3. The van der Waals surface area contributed by atoms with Gasteiger partial charge >= 0.3 is 0 Å². The van der Waals surface area contributed by atoms with E-state index in [1.54, 1.807) is 0 Å². The van der Waals surface area contributed by atoms with Gasteiger partial charge in [0.2, 0.25) is 0 Å². The molecule has 0 N–H and O–H groups in total. The van der Waals surface area contributed by atoms with Gasteiger partial charge in [0.25, 0.3) is 0 Å². The van der Waals surface area contributed by atoms with Gasteiger partial charge in [-0.05, 0) is 6.42 Å². The molecule has 0 unspecified atom stereocenters. The van der Waals surface area contributed by atoms with Gasteiger partial charge < -0.3 is 4.90 Å². The molecule has 52 valence electrons. The van der Waals surface area contributed by atoms with Crippen LogP contribution in [0.4, 0.5) is 0 Å². The number of hydrogen-bond acceptors (Lipinski definition) is 3. The van der Waals surface area contributed by atoms with E-state index in [-0.39, 0.29) is 0 Å². The van der Waals surface area contributed by atoms with Gasteiger partial charge in [-0.1, -0.05) is 11.8 Å². The maximum Gasteiger partial charge on any atom is 0.158 e. The van der Waals surface area contributed by atoms with Crippen LogP contribution in [0.1, 0.15) is 6.42 Å². The summed E-state index contributed by atoms with van der Waals surface area (Å²) in [4.78, 5) is 6.41. The van der Waals surface area contributed by atoms with Gasteiger partial charge in [0, 0.05) is 26.4 Å². The van der Waals surface area contributed by atoms with Crippen LogP contribution in [0.5, 0.6) is 0 Å². The number of rotatable bonds is 0. The van der Waals surface area contributed by atoms with Crippen LogP contribution in [0, 0.1) is 0 Å². The highest BCUT2D eigenvalue weighted by atomic mass is 32.2. The first-order chi connectivity index (χ1) is 4.30. The van der Waals surface area contributed by atoms with E-state index in [1.807, 2.05) is 25.9 Å². The minimum absolute atomic E-state index is 1.01. The van der Waals surface area contributed by atoms with Crippen LogP contribution in [0.2, 0.25) is 0 Å². The van der Waals surface area contributed by atoms with Gasteiger partial charge in [0.05, 0.1) is 0 Å². The molecule has 0 atom stereocenters.